The quantitative estimate of drug-likeness (QED) is 0.858. The van der Waals surface area contributed by atoms with Crippen molar-refractivity contribution >= 4 is 11.9 Å². The Morgan fingerprint density at radius 2 is 1.81 bits per heavy atom. The summed E-state index contributed by atoms with van der Waals surface area (Å²) < 4.78 is 0. The van der Waals surface area contributed by atoms with E-state index >= 15 is 0 Å². The van der Waals surface area contributed by atoms with Crippen LogP contribution in [0.5, 0.6) is 0 Å². The number of carboxylic acids is 1. The summed E-state index contributed by atoms with van der Waals surface area (Å²) in [5.74, 6) is -2.24. The first-order chi connectivity index (χ1) is 12.5. The number of carbonyl (C=O) groups excluding carboxylic acids is 1. The van der Waals surface area contributed by atoms with Crippen molar-refractivity contribution in [3.05, 3.63) is 66.0 Å². The number of benzene rings is 1. The van der Waals surface area contributed by atoms with E-state index in [0.29, 0.717) is 26.2 Å². The molecule has 1 aromatic carbocycles. The maximum Gasteiger partial charge on any atom is 0.308 e. The largest absolute Gasteiger partial charge is 0.481 e. The van der Waals surface area contributed by atoms with Crippen molar-refractivity contribution < 1.29 is 14.7 Å². The Hall–Kier alpha value is -2.73. The third kappa shape index (κ3) is 4.26. The lowest BCUT2D eigenvalue weighted by Crippen LogP contribution is -2.38. The van der Waals surface area contributed by atoms with E-state index in [2.05, 4.69) is 9.88 Å². The number of rotatable bonds is 6. The third-order valence-corrected chi connectivity index (χ3v) is 4.80. The van der Waals surface area contributed by atoms with Gasteiger partial charge in [-0.2, -0.15) is 0 Å². The Balaban J connectivity index is 1.68. The topological polar surface area (TPSA) is 73.7 Å². The highest BCUT2D eigenvalue weighted by Crippen LogP contribution is 2.27. The zero-order chi connectivity index (χ0) is 18.5. The molecule has 0 radical (unpaired) electrons. The Morgan fingerprint density at radius 3 is 2.46 bits per heavy atom. The van der Waals surface area contributed by atoms with Gasteiger partial charge < -0.3 is 10.0 Å². The molecule has 0 aliphatic carbocycles. The van der Waals surface area contributed by atoms with E-state index in [1.54, 1.807) is 24.3 Å². The van der Waals surface area contributed by atoms with E-state index in [-0.39, 0.29) is 5.91 Å². The van der Waals surface area contributed by atoms with Crippen molar-refractivity contribution in [1.82, 2.24) is 14.8 Å². The number of hydrogen-bond acceptors (Lipinski definition) is 4. The summed E-state index contributed by atoms with van der Waals surface area (Å²) in [6.45, 7) is 1.93. The van der Waals surface area contributed by atoms with Crippen LogP contribution in [0.2, 0.25) is 0 Å². The first kappa shape index (κ1) is 18.1. The van der Waals surface area contributed by atoms with E-state index in [1.165, 1.54) is 0 Å². The Kier molecular flexibility index (Phi) is 5.63. The van der Waals surface area contributed by atoms with Gasteiger partial charge in [0, 0.05) is 45.6 Å². The normalized spacial score (nSPS) is 20.0. The zero-order valence-corrected chi connectivity index (χ0v) is 14.8. The third-order valence-electron chi connectivity index (χ3n) is 4.80. The van der Waals surface area contributed by atoms with Gasteiger partial charge in [-0.1, -0.05) is 36.4 Å². The van der Waals surface area contributed by atoms with E-state index < -0.39 is 17.8 Å². The van der Waals surface area contributed by atoms with Gasteiger partial charge in [0.1, 0.15) is 0 Å². The van der Waals surface area contributed by atoms with Gasteiger partial charge in [0.15, 0.2) is 0 Å². The number of pyridine rings is 1. The SMILES string of the molecule is CN(Cc1cccnc1)C(=O)C1CN(Cc2ccccc2)CC1C(=O)O. The number of likely N-dealkylation sites (tertiary alicyclic amines) is 1. The number of nitrogens with zero attached hydrogens (tertiary/aromatic N) is 3. The van der Waals surface area contributed by atoms with Crippen molar-refractivity contribution in [2.45, 2.75) is 13.1 Å². The average molecular weight is 353 g/mol. The van der Waals surface area contributed by atoms with Crippen LogP contribution in [0.15, 0.2) is 54.9 Å². The van der Waals surface area contributed by atoms with E-state index in [4.69, 9.17) is 0 Å². The van der Waals surface area contributed by atoms with Crippen molar-refractivity contribution in [2.75, 3.05) is 20.1 Å². The maximum atomic E-state index is 12.9. The van der Waals surface area contributed by atoms with Gasteiger partial charge in [-0.15, -0.1) is 0 Å². The lowest BCUT2D eigenvalue weighted by atomic mass is 9.95. The fraction of sp³-hybridized carbons (Fsp3) is 0.350. The van der Waals surface area contributed by atoms with Crippen LogP contribution >= 0.6 is 0 Å². The smallest absolute Gasteiger partial charge is 0.308 e. The number of aromatic nitrogens is 1. The van der Waals surface area contributed by atoms with E-state index in [9.17, 15) is 14.7 Å². The number of aliphatic carboxylic acids is 1. The molecular weight excluding hydrogens is 330 g/mol. The fourth-order valence-corrected chi connectivity index (χ4v) is 3.48. The minimum atomic E-state index is -0.909. The second-order valence-corrected chi connectivity index (χ2v) is 6.79. The first-order valence-electron chi connectivity index (χ1n) is 8.67. The molecular formula is C20H23N3O3. The lowest BCUT2D eigenvalue weighted by Gasteiger charge is -2.23. The van der Waals surface area contributed by atoms with Gasteiger partial charge in [-0.05, 0) is 17.2 Å². The minimum Gasteiger partial charge on any atom is -0.481 e. The van der Waals surface area contributed by atoms with Crippen molar-refractivity contribution in [2.24, 2.45) is 11.8 Å². The lowest BCUT2D eigenvalue weighted by molar-refractivity contribution is -0.148. The molecule has 1 aliphatic heterocycles. The number of carbonyl (C=O) groups is 2. The minimum absolute atomic E-state index is 0.128. The number of hydrogen-bond donors (Lipinski definition) is 1. The van der Waals surface area contributed by atoms with Crippen LogP contribution in [0.3, 0.4) is 0 Å². The molecule has 1 saturated heterocycles. The van der Waals surface area contributed by atoms with E-state index in [0.717, 1.165) is 11.1 Å². The molecule has 1 N–H and O–H groups in total. The van der Waals surface area contributed by atoms with E-state index in [1.807, 2.05) is 42.5 Å². The van der Waals surface area contributed by atoms with Crippen LogP contribution in [0.1, 0.15) is 11.1 Å². The Morgan fingerprint density at radius 1 is 1.12 bits per heavy atom. The molecule has 0 bridgehead atoms. The van der Waals surface area contributed by atoms with Crippen LogP contribution in [0.4, 0.5) is 0 Å². The molecule has 0 spiro atoms. The molecule has 136 valence electrons. The summed E-state index contributed by atoms with van der Waals surface area (Å²) >= 11 is 0. The molecule has 2 heterocycles. The fourth-order valence-electron chi connectivity index (χ4n) is 3.48. The van der Waals surface area contributed by atoms with Crippen molar-refractivity contribution in [3.8, 4) is 0 Å². The molecule has 2 atom stereocenters. The summed E-state index contributed by atoms with van der Waals surface area (Å²) in [5.41, 5.74) is 2.04. The van der Waals surface area contributed by atoms with Gasteiger partial charge in [-0.3, -0.25) is 19.5 Å². The summed E-state index contributed by atoms with van der Waals surface area (Å²) in [7, 11) is 1.72. The maximum absolute atomic E-state index is 12.9. The molecule has 1 aliphatic rings. The molecule has 0 saturated carbocycles. The summed E-state index contributed by atoms with van der Waals surface area (Å²) in [6, 6.07) is 13.6. The Labute approximate surface area is 153 Å². The molecule has 6 nitrogen and oxygen atoms in total. The van der Waals surface area contributed by atoms with Crippen LogP contribution in [0, 0.1) is 11.8 Å². The van der Waals surface area contributed by atoms with Crippen LogP contribution in [0.25, 0.3) is 0 Å². The second-order valence-electron chi connectivity index (χ2n) is 6.79. The monoisotopic (exact) mass is 353 g/mol. The first-order valence-corrected chi connectivity index (χ1v) is 8.67. The molecule has 3 rings (SSSR count). The molecule has 6 heteroatoms. The highest BCUT2D eigenvalue weighted by atomic mass is 16.4. The van der Waals surface area contributed by atoms with Gasteiger partial charge >= 0.3 is 5.97 Å². The predicted octanol–water partition coefficient (Wildman–Crippen LogP) is 1.87. The van der Waals surface area contributed by atoms with Crippen LogP contribution in [-0.2, 0) is 22.7 Å². The Bertz CT molecular complexity index is 751. The zero-order valence-electron chi connectivity index (χ0n) is 14.8. The molecule has 1 amide bonds. The standard InChI is InChI=1S/C20H23N3O3/c1-22(11-16-8-5-9-21-10-16)19(24)17-13-23(14-18(17)20(25)26)12-15-6-3-2-4-7-15/h2-10,17-18H,11-14H2,1H3,(H,25,26). The highest BCUT2D eigenvalue weighted by molar-refractivity contribution is 5.85. The summed E-state index contributed by atoms with van der Waals surface area (Å²) in [6.07, 6.45) is 3.40. The van der Waals surface area contributed by atoms with Crippen LogP contribution in [-0.4, -0.2) is 51.9 Å². The molecule has 1 fully saturated rings. The summed E-state index contributed by atoms with van der Waals surface area (Å²) in [5, 5.41) is 9.58. The van der Waals surface area contributed by atoms with Gasteiger partial charge in [0.05, 0.1) is 11.8 Å². The van der Waals surface area contributed by atoms with Crippen LogP contribution < -0.4 is 0 Å². The summed E-state index contributed by atoms with van der Waals surface area (Å²) in [4.78, 5) is 32.3. The molecule has 26 heavy (non-hydrogen) atoms. The molecule has 2 aromatic rings. The number of carboxylic acid groups (broad SMARTS) is 1. The van der Waals surface area contributed by atoms with Crippen molar-refractivity contribution in [3.63, 3.8) is 0 Å². The highest BCUT2D eigenvalue weighted by Gasteiger charge is 2.42. The van der Waals surface area contributed by atoms with Gasteiger partial charge in [0.2, 0.25) is 5.91 Å². The van der Waals surface area contributed by atoms with Gasteiger partial charge in [-0.25, -0.2) is 0 Å². The van der Waals surface area contributed by atoms with Crippen molar-refractivity contribution in [1.29, 1.82) is 0 Å². The average Bonchev–Trinajstić information content (AvgIpc) is 3.07. The van der Waals surface area contributed by atoms with Gasteiger partial charge in [0.25, 0.3) is 0 Å². The molecule has 1 aromatic heterocycles. The number of amides is 1. The predicted molar refractivity (Wildman–Crippen MR) is 97.0 cm³/mol. The second kappa shape index (κ2) is 8.10. The molecule has 2 unspecified atom stereocenters.